The molecule has 1 atom stereocenters. The first-order valence-electron chi connectivity index (χ1n) is 5.42. The van der Waals surface area contributed by atoms with Crippen molar-refractivity contribution in [3.05, 3.63) is 18.2 Å². The van der Waals surface area contributed by atoms with Gasteiger partial charge < -0.3 is 20.5 Å². The van der Waals surface area contributed by atoms with Crippen LogP contribution in [0.1, 0.15) is 13.3 Å². The quantitative estimate of drug-likeness (QED) is 0.774. The normalized spacial score (nSPS) is 12.0. The number of rotatable bonds is 6. The molecular weight excluding hydrogens is 204 g/mol. The van der Waals surface area contributed by atoms with E-state index in [0.717, 1.165) is 30.2 Å². The van der Waals surface area contributed by atoms with Crippen LogP contribution in [0.4, 0.5) is 5.69 Å². The minimum Gasteiger partial charge on any atom is -0.497 e. The van der Waals surface area contributed by atoms with E-state index in [1.807, 2.05) is 18.2 Å². The fourth-order valence-corrected chi connectivity index (χ4v) is 1.33. The summed E-state index contributed by atoms with van der Waals surface area (Å²) in [4.78, 5) is 0. The summed E-state index contributed by atoms with van der Waals surface area (Å²) in [6.45, 7) is 2.80. The van der Waals surface area contributed by atoms with Crippen LogP contribution in [0.3, 0.4) is 0 Å². The van der Waals surface area contributed by atoms with Crippen molar-refractivity contribution in [2.24, 2.45) is 5.73 Å². The second-order valence-corrected chi connectivity index (χ2v) is 3.62. The van der Waals surface area contributed by atoms with Crippen LogP contribution in [0.25, 0.3) is 0 Å². The van der Waals surface area contributed by atoms with Crippen molar-refractivity contribution < 1.29 is 9.47 Å². The molecule has 90 valence electrons. The number of anilines is 1. The molecule has 0 bridgehead atoms. The minimum atomic E-state index is 0.159. The van der Waals surface area contributed by atoms with Crippen molar-refractivity contribution in [3.63, 3.8) is 0 Å². The summed E-state index contributed by atoms with van der Waals surface area (Å²) in [6.07, 6.45) is 0.950. The Labute approximate surface area is 96.7 Å². The van der Waals surface area contributed by atoms with Crippen molar-refractivity contribution in [3.8, 4) is 11.5 Å². The van der Waals surface area contributed by atoms with Gasteiger partial charge in [0.2, 0.25) is 0 Å². The van der Waals surface area contributed by atoms with Crippen molar-refractivity contribution in [2.75, 3.05) is 26.1 Å². The van der Waals surface area contributed by atoms with Crippen LogP contribution in [0.15, 0.2) is 18.2 Å². The smallest absolute Gasteiger partial charge is 0.145 e. The van der Waals surface area contributed by atoms with Gasteiger partial charge in [-0.05, 0) is 18.6 Å². The van der Waals surface area contributed by atoms with Crippen LogP contribution in [-0.2, 0) is 0 Å². The number of benzene rings is 1. The first kappa shape index (κ1) is 12.6. The molecule has 0 fully saturated rings. The fraction of sp³-hybridized carbons (Fsp3) is 0.500. The van der Waals surface area contributed by atoms with Gasteiger partial charge in [-0.3, -0.25) is 0 Å². The predicted octanol–water partition coefficient (Wildman–Crippen LogP) is 1.85. The van der Waals surface area contributed by atoms with Crippen LogP contribution in [0.5, 0.6) is 11.5 Å². The average molecular weight is 224 g/mol. The van der Waals surface area contributed by atoms with E-state index in [-0.39, 0.29) is 6.04 Å². The van der Waals surface area contributed by atoms with Gasteiger partial charge in [-0.15, -0.1) is 0 Å². The van der Waals surface area contributed by atoms with Crippen LogP contribution in [-0.4, -0.2) is 26.8 Å². The minimum absolute atomic E-state index is 0.159. The molecule has 0 aliphatic rings. The molecule has 0 aromatic heterocycles. The molecule has 4 nitrogen and oxygen atoms in total. The number of nitrogens with two attached hydrogens (primary N) is 1. The highest BCUT2D eigenvalue weighted by atomic mass is 16.5. The number of nitrogens with one attached hydrogen (secondary N) is 1. The van der Waals surface area contributed by atoms with E-state index in [1.54, 1.807) is 14.2 Å². The van der Waals surface area contributed by atoms with Gasteiger partial charge in [0.15, 0.2) is 0 Å². The lowest BCUT2D eigenvalue weighted by atomic mass is 10.2. The molecule has 0 amide bonds. The third-order valence-corrected chi connectivity index (χ3v) is 2.49. The Morgan fingerprint density at radius 1 is 1.31 bits per heavy atom. The summed E-state index contributed by atoms with van der Waals surface area (Å²) >= 11 is 0. The topological polar surface area (TPSA) is 56.5 Å². The van der Waals surface area contributed by atoms with Gasteiger partial charge in [-0.1, -0.05) is 6.92 Å². The number of ether oxygens (including phenoxy) is 2. The molecular formula is C12H20N2O2. The third kappa shape index (κ3) is 3.31. The number of hydrogen-bond donors (Lipinski definition) is 2. The van der Waals surface area contributed by atoms with Gasteiger partial charge in [0, 0.05) is 18.7 Å². The Hall–Kier alpha value is -1.42. The predicted molar refractivity (Wildman–Crippen MR) is 66.3 cm³/mol. The Bertz CT molecular complexity index is 329. The van der Waals surface area contributed by atoms with Crippen molar-refractivity contribution in [2.45, 2.75) is 19.4 Å². The maximum atomic E-state index is 5.84. The Morgan fingerprint density at radius 3 is 2.62 bits per heavy atom. The van der Waals surface area contributed by atoms with Crippen molar-refractivity contribution >= 4 is 5.69 Å². The standard InChI is InChI=1S/C12H20N2O2/c1-4-9(13)8-14-11-6-5-10(15-2)7-12(11)16-3/h5-7,9,14H,4,8,13H2,1-3H3/t9-/m1/s1. The summed E-state index contributed by atoms with van der Waals surface area (Å²) in [5.41, 5.74) is 6.78. The maximum Gasteiger partial charge on any atom is 0.145 e. The molecule has 0 spiro atoms. The van der Waals surface area contributed by atoms with Gasteiger partial charge in [0.25, 0.3) is 0 Å². The van der Waals surface area contributed by atoms with E-state index in [9.17, 15) is 0 Å². The zero-order chi connectivity index (χ0) is 12.0. The molecule has 4 heteroatoms. The molecule has 0 saturated heterocycles. The molecule has 0 aliphatic carbocycles. The lowest BCUT2D eigenvalue weighted by molar-refractivity contribution is 0.395. The number of methoxy groups -OCH3 is 2. The van der Waals surface area contributed by atoms with Crippen molar-refractivity contribution in [1.82, 2.24) is 0 Å². The molecule has 1 aromatic rings. The monoisotopic (exact) mass is 224 g/mol. The summed E-state index contributed by atoms with van der Waals surface area (Å²) in [7, 11) is 3.27. The molecule has 16 heavy (non-hydrogen) atoms. The van der Waals surface area contributed by atoms with E-state index in [1.165, 1.54) is 0 Å². The highest BCUT2D eigenvalue weighted by Crippen LogP contribution is 2.28. The second kappa shape index (κ2) is 6.23. The lowest BCUT2D eigenvalue weighted by Gasteiger charge is -2.15. The molecule has 0 unspecified atom stereocenters. The highest BCUT2D eigenvalue weighted by molar-refractivity contribution is 5.59. The molecule has 0 heterocycles. The Balaban J connectivity index is 2.71. The van der Waals surface area contributed by atoms with Crippen LogP contribution >= 0.6 is 0 Å². The Kier molecular flexibility index (Phi) is 4.92. The van der Waals surface area contributed by atoms with Crippen LogP contribution < -0.4 is 20.5 Å². The largest absolute Gasteiger partial charge is 0.497 e. The average Bonchev–Trinajstić information content (AvgIpc) is 2.35. The van der Waals surface area contributed by atoms with Gasteiger partial charge in [0.1, 0.15) is 11.5 Å². The Morgan fingerprint density at radius 2 is 2.06 bits per heavy atom. The van der Waals surface area contributed by atoms with Gasteiger partial charge in [0.05, 0.1) is 19.9 Å². The third-order valence-electron chi connectivity index (χ3n) is 2.49. The van der Waals surface area contributed by atoms with Gasteiger partial charge in [-0.2, -0.15) is 0 Å². The molecule has 0 aliphatic heterocycles. The highest BCUT2D eigenvalue weighted by Gasteiger charge is 2.05. The van der Waals surface area contributed by atoms with E-state index < -0.39 is 0 Å². The van der Waals surface area contributed by atoms with Gasteiger partial charge in [-0.25, -0.2) is 0 Å². The van der Waals surface area contributed by atoms with Gasteiger partial charge >= 0.3 is 0 Å². The van der Waals surface area contributed by atoms with Crippen LogP contribution in [0, 0.1) is 0 Å². The zero-order valence-electron chi connectivity index (χ0n) is 10.1. The maximum absolute atomic E-state index is 5.84. The second-order valence-electron chi connectivity index (χ2n) is 3.62. The van der Waals surface area contributed by atoms with E-state index in [4.69, 9.17) is 15.2 Å². The molecule has 0 radical (unpaired) electrons. The fourth-order valence-electron chi connectivity index (χ4n) is 1.33. The molecule has 3 N–H and O–H groups in total. The molecule has 0 saturated carbocycles. The summed E-state index contributed by atoms with van der Waals surface area (Å²) in [6, 6.07) is 5.83. The first-order chi connectivity index (χ1) is 7.71. The van der Waals surface area contributed by atoms with Crippen molar-refractivity contribution in [1.29, 1.82) is 0 Å². The summed E-state index contributed by atoms with van der Waals surface area (Å²) < 4.78 is 10.4. The molecule has 1 aromatic carbocycles. The number of hydrogen-bond acceptors (Lipinski definition) is 4. The van der Waals surface area contributed by atoms with E-state index in [2.05, 4.69) is 12.2 Å². The van der Waals surface area contributed by atoms with Crippen LogP contribution in [0.2, 0.25) is 0 Å². The van der Waals surface area contributed by atoms with E-state index >= 15 is 0 Å². The SMILES string of the molecule is CC[C@@H](N)CNc1ccc(OC)cc1OC. The van der Waals surface area contributed by atoms with E-state index in [0.29, 0.717) is 0 Å². The first-order valence-corrected chi connectivity index (χ1v) is 5.42. The zero-order valence-corrected chi connectivity index (χ0v) is 10.1. The summed E-state index contributed by atoms with van der Waals surface area (Å²) in [5, 5.41) is 3.26. The summed E-state index contributed by atoms with van der Waals surface area (Å²) in [5.74, 6) is 1.55. The molecule has 1 rings (SSSR count). The lowest BCUT2D eigenvalue weighted by Crippen LogP contribution is -2.28.